The van der Waals surface area contributed by atoms with Crippen molar-refractivity contribution in [1.29, 1.82) is 5.26 Å². The summed E-state index contributed by atoms with van der Waals surface area (Å²) < 4.78 is 5.46. The van der Waals surface area contributed by atoms with Crippen LogP contribution in [0.15, 0.2) is 28.0 Å². The van der Waals surface area contributed by atoms with Gasteiger partial charge in [-0.15, -0.1) is 0 Å². The third-order valence-electron chi connectivity index (χ3n) is 2.36. The van der Waals surface area contributed by atoms with Gasteiger partial charge in [-0.1, -0.05) is 17.8 Å². The summed E-state index contributed by atoms with van der Waals surface area (Å²) in [5.41, 5.74) is 2.26. The number of hydrogen-bond donors (Lipinski definition) is 0. The van der Waals surface area contributed by atoms with E-state index >= 15 is 0 Å². The second-order valence-corrected chi connectivity index (χ2v) is 4.46. The van der Waals surface area contributed by atoms with Crippen LogP contribution < -0.4 is 0 Å². The Labute approximate surface area is 104 Å². The Morgan fingerprint density at radius 3 is 2.94 bits per heavy atom. The van der Waals surface area contributed by atoms with Crippen molar-refractivity contribution in [3.8, 4) is 6.07 Å². The number of pyridine rings is 1. The molecule has 0 aliphatic heterocycles. The fourth-order valence-electron chi connectivity index (χ4n) is 1.30. The first-order valence-corrected chi connectivity index (χ1v) is 6.10. The summed E-state index contributed by atoms with van der Waals surface area (Å²) >= 11 is 1.47. The van der Waals surface area contributed by atoms with Crippen molar-refractivity contribution < 1.29 is 4.42 Å². The lowest BCUT2D eigenvalue weighted by Crippen LogP contribution is -1.90. The van der Waals surface area contributed by atoms with Crippen LogP contribution in [-0.2, 0) is 5.75 Å². The first kappa shape index (κ1) is 11.7. The van der Waals surface area contributed by atoms with Gasteiger partial charge in [-0.3, -0.25) is 0 Å². The van der Waals surface area contributed by atoms with E-state index in [2.05, 4.69) is 16.0 Å². The first-order chi connectivity index (χ1) is 8.20. The molecule has 0 aliphatic carbocycles. The third-order valence-corrected chi connectivity index (χ3v) is 3.23. The minimum Gasteiger partial charge on any atom is -0.437 e. The highest BCUT2D eigenvalue weighted by molar-refractivity contribution is 7.98. The van der Waals surface area contributed by atoms with E-state index < -0.39 is 0 Å². The molecule has 2 aromatic rings. The quantitative estimate of drug-likeness (QED) is 0.778. The number of rotatable bonds is 3. The van der Waals surface area contributed by atoms with Gasteiger partial charge in [-0.05, 0) is 25.5 Å². The molecule has 0 N–H and O–H groups in total. The molecule has 5 heteroatoms. The van der Waals surface area contributed by atoms with Crippen molar-refractivity contribution in [2.75, 3.05) is 0 Å². The summed E-state index contributed by atoms with van der Waals surface area (Å²) in [7, 11) is 0. The number of nitrogens with zero attached hydrogens (tertiary/aromatic N) is 3. The van der Waals surface area contributed by atoms with Crippen LogP contribution in [0, 0.1) is 25.2 Å². The molecule has 2 heterocycles. The van der Waals surface area contributed by atoms with Crippen molar-refractivity contribution in [3.05, 3.63) is 41.0 Å². The number of thioether (sulfide) groups is 1. The lowest BCUT2D eigenvalue weighted by Gasteiger charge is -1.99. The molecule has 0 spiro atoms. The lowest BCUT2D eigenvalue weighted by atomic mass is 10.2. The summed E-state index contributed by atoms with van der Waals surface area (Å²) in [4.78, 5) is 8.28. The standard InChI is InChI=1S/C12H11N3OS/c1-8-9(2)16-12(15-8)17-7-10-4-3-5-14-11(10)6-13/h3-5H,7H2,1-2H3. The second kappa shape index (κ2) is 5.02. The molecule has 0 bridgehead atoms. The Morgan fingerprint density at radius 2 is 2.29 bits per heavy atom. The van der Waals surface area contributed by atoms with Gasteiger partial charge in [-0.2, -0.15) is 5.26 Å². The highest BCUT2D eigenvalue weighted by atomic mass is 32.2. The molecule has 0 saturated carbocycles. The molecule has 0 unspecified atom stereocenters. The summed E-state index contributed by atoms with van der Waals surface area (Å²) in [6.07, 6.45) is 1.62. The molecule has 0 saturated heterocycles. The molecule has 2 rings (SSSR count). The zero-order valence-electron chi connectivity index (χ0n) is 9.60. The van der Waals surface area contributed by atoms with Gasteiger partial charge in [0.2, 0.25) is 0 Å². The van der Waals surface area contributed by atoms with E-state index in [0.29, 0.717) is 16.7 Å². The normalized spacial score (nSPS) is 10.2. The van der Waals surface area contributed by atoms with Crippen LogP contribution in [0.1, 0.15) is 22.7 Å². The average molecular weight is 245 g/mol. The Morgan fingerprint density at radius 1 is 1.47 bits per heavy atom. The minimum atomic E-state index is 0.458. The molecule has 0 aromatic carbocycles. The van der Waals surface area contributed by atoms with Gasteiger partial charge >= 0.3 is 0 Å². The summed E-state index contributed by atoms with van der Waals surface area (Å²) in [6, 6.07) is 5.79. The first-order valence-electron chi connectivity index (χ1n) is 5.11. The predicted molar refractivity (Wildman–Crippen MR) is 64.5 cm³/mol. The van der Waals surface area contributed by atoms with E-state index in [1.54, 1.807) is 6.20 Å². The molecule has 0 amide bonds. The van der Waals surface area contributed by atoms with Gasteiger partial charge in [0.1, 0.15) is 17.5 Å². The Kier molecular flexibility index (Phi) is 3.45. The molecule has 0 aliphatic rings. The molecule has 17 heavy (non-hydrogen) atoms. The SMILES string of the molecule is Cc1nc(SCc2cccnc2C#N)oc1C. The molecular weight excluding hydrogens is 234 g/mol. The number of oxazole rings is 1. The van der Waals surface area contributed by atoms with Gasteiger partial charge in [0.15, 0.2) is 0 Å². The Bertz CT molecular complexity index is 552. The van der Waals surface area contributed by atoms with Crippen molar-refractivity contribution in [3.63, 3.8) is 0 Å². The van der Waals surface area contributed by atoms with E-state index in [1.165, 1.54) is 11.8 Å². The topological polar surface area (TPSA) is 62.7 Å². The van der Waals surface area contributed by atoms with Gasteiger partial charge in [-0.25, -0.2) is 9.97 Å². The van der Waals surface area contributed by atoms with E-state index in [9.17, 15) is 0 Å². The second-order valence-electron chi connectivity index (χ2n) is 3.53. The predicted octanol–water partition coefficient (Wildman–Crippen LogP) is 2.85. The highest BCUT2D eigenvalue weighted by Gasteiger charge is 2.08. The maximum Gasteiger partial charge on any atom is 0.256 e. The Balaban J connectivity index is 2.10. The number of aromatic nitrogens is 2. The smallest absolute Gasteiger partial charge is 0.256 e. The number of nitriles is 1. The monoisotopic (exact) mass is 245 g/mol. The van der Waals surface area contributed by atoms with Crippen LogP contribution in [-0.4, -0.2) is 9.97 Å². The molecule has 4 nitrogen and oxygen atoms in total. The van der Waals surface area contributed by atoms with E-state index in [1.807, 2.05) is 26.0 Å². The van der Waals surface area contributed by atoms with Crippen molar-refractivity contribution in [2.24, 2.45) is 0 Å². The Hall–Kier alpha value is -1.80. The molecule has 0 atom stereocenters. The van der Waals surface area contributed by atoms with Crippen molar-refractivity contribution >= 4 is 11.8 Å². The molecule has 0 radical (unpaired) electrons. The molecule has 0 fully saturated rings. The average Bonchev–Trinajstić information content (AvgIpc) is 2.66. The molecule has 86 valence electrons. The van der Waals surface area contributed by atoms with Gasteiger partial charge in [0, 0.05) is 11.9 Å². The summed E-state index contributed by atoms with van der Waals surface area (Å²) in [5.74, 6) is 1.47. The van der Waals surface area contributed by atoms with Crippen LogP contribution in [0.5, 0.6) is 0 Å². The zero-order valence-corrected chi connectivity index (χ0v) is 10.4. The van der Waals surface area contributed by atoms with Crippen LogP contribution in [0.2, 0.25) is 0 Å². The summed E-state index contributed by atoms with van der Waals surface area (Å²) in [6.45, 7) is 3.80. The minimum absolute atomic E-state index is 0.458. The third kappa shape index (κ3) is 2.66. The number of aryl methyl sites for hydroxylation is 2. The fourth-order valence-corrected chi connectivity index (χ4v) is 2.20. The van der Waals surface area contributed by atoms with Gasteiger partial charge in [0.05, 0.1) is 5.69 Å². The van der Waals surface area contributed by atoms with E-state index in [0.717, 1.165) is 17.0 Å². The number of hydrogen-bond acceptors (Lipinski definition) is 5. The van der Waals surface area contributed by atoms with Gasteiger partial charge in [0.25, 0.3) is 5.22 Å². The highest BCUT2D eigenvalue weighted by Crippen LogP contribution is 2.24. The van der Waals surface area contributed by atoms with E-state index in [4.69, 9.17) is 9.68 Å². The fraction of sp³-hybridized carbons (Fsp3) is 0.250. The maximum absolute atomic E-state index is 8.90. The van der Waals surface area contributed by atoms with Crippen molar-refractivity contribution in [1.82, 2.24) is 9.97 Å². The van der Waals surface area contributed by atoms with Crippen LogP contribution in [0.4, 0.5) is 0 Å². The maximum atomic E-state index is 8.90. The van der Waals surface area contributed by atoms with E-state index in [-0.39, 0.29) is 0 Å². The van der Waals surface area contributed by atoms with Crippen LogP contribution in [0.3, 0.4) is 0 Å². The zero-order chi connectivity index (χ0) is 12.3. The molecule has 2 aromatic heterocycles. The van der Waals surface area contributed by atoms with Gasteiger partial charge < -0.3 is 4.42 Å². The largest absolute Gasteiger partial charge is 0.437 e. The molecular formula is C12H11N3OS. The van der Waals surface area contributed by atoms with Crippen molar-refractivity contribution in [2.45, 2.75) is 24.8 Å². The van der Waals surface area contributed by atoms with Crippen LogP contribution in [0.25, 0.3) is 0 Å². The van der Waals surface area contributed by atoms with Crippen LogP contribution >= 0.6 is 11.8 Å². The summed E-state index contributed by atoms with van der Waals surface area (Å²) in [5, 5.41) is 9.54. The lowest BCUT2D eigenvalue weighted by molar-refractivity contribution is 0.431.